The summed E-state index contributed by atoms with van der Waals surface area (Å²) in [6, 6.07) is 28.3. The number of carbonyl (C=O) groups excluding carboxylic acids is 3. The first-order valence-corrected chi connectivity index (χ1v) is 24.6. The molecule has 2 aliphatic heterocycles. The van der Waals surface area contributed by atoms with E-state index in [-0.39, 0.29) is 39.5 Å². The Morgan fingerprint density at radius 1 is 0.767 bits per heavy atom. The number of fused-ring (bicyclic) bond motifs is 6. The zero-order valence-electron chi connectivity index (χ0n) is 38.8. The van der Waals surface area contributed by atoms with Crippen LogP contribution in [0.15, 0.2) is 119 Å². The minimum atomic E-state index is -4.47. The van der Waals surface area contributed by atoms with E-state index in [1.807, 2.05) is 0 Å². The van der Waals surface area contributed by atoms with Gasteiger partial charge in [-0.3, -0.25) is 13.9 Å². The molecule has 0 bridgehead atoms. The molecule has 73 heavy (non-hydrogen) atoms. The van der Waals surface area contributed by atoms with E-state index in [1.165, 1.54) is 65.8 Å². The van der Waals surface area contributed by atoms with E-state index in [4.69, 9.17) is 28.4 Å². The van der Waals surface area contributed by atoms with Crippen LogP contribution in [0.3, 0.4) is 0 Å². The van der Waals surface area contributed by atoms with Crippen LogP contribution in [0.4, 0.5) is 0 Å². The molecule has 0 atom stereocenters. The number of aromatic hydroxyl groups is 2. The second-order valence-electron chi connectivity index (χ2n) is 16.6. The SMILES string of the molecule is CN1CCc2c(c3ccccc3n2Cc2ccccc2)C1.Cc1cc(O)c(C=O)c2c1C(=O)Oc1c(COC(=O)C=CC(=O)O)c(O)c(C(=O)O)c(C)c1O2.O=S(=O)(O)c1cccc2c(S(=O)(=O)O)cccc12. The van der Waals surface area contributed by atoms with Crippen molar-refractivity contribution in [2.45, 2.75) is 49.8 Å². The maximum absolute atomic E-state index is 12.9. The zero-order valence-corrected chi connectivity index (χ0v) is 40.4. The number of aldehydes is 1. The third-order valence-electron chi connectivity index (χ3n) is 11.8. The fourth-order valence-electron chi connectivity index (χ4n) is 8.50. The van der Waals surface area contributed by atoms with Gasteiger partial charge in [-0.1, -0.05) is 72.8 Å². The van der Waals surface area contributed by atoms with Crippen molar-refractivity contribution < 1.29 is 84.6 Å². The fourth-order valence-corrected chi connectivity index (χ4v) is 9.92. The first kappa shape index (κ1) is 52.4. The second-order valence-corrected chi connectivity index (χ2v) is 19.3. The number of aliphatic carboxylic acids is 1. The second kappa shape index (κ2) is 21.1. The van der Waals surface area contributed by atoms with E-state index in [9.17, 15) is 56.1 Å². The molecule has 22 heteroatoms. The lowest BCUT2D eigenvalue weighted by Crippen LogP contribution is -2.27. The van der Waals surface area contributed by atoms with Crippen molar-refractivity contribution in [1.29, 1.82) is 0 Å². The van der Waals surface area contributed by atoms with Crippen LogP contribution in [-0.4, -0.2) is 99.6 Å². The van der Waals surface area contributed by atoms with Gasteiger partial charge in [0.2, 0.25) is 0 Å². The standard InChI is InChI=1S/C22H16O12.C19H20N2.C10H8O6S2/c1-8-5-12(24)10(6-23)19-15(8)22(31)34-20-11(7-32-14(27)4-3-13(25)26)17(28)16(21(29)30)9(2)18(20)33-19;1-20-12-11-19-17(14-20)16-9-5-6-10-18(16)21(19)13-15-7-3-2-4-8-15;11-17(12,13)9-5-1-3-7-8(9)4-2-6-10(7)18(14,15)16/h3-6,24,28H,7H2,1-2H3,(H,25,26)(H,29,30);2-10H,11-14H2,1H3;1-6H,(H,11,12,13)(H,14,15,16). The van der Waals surface area contributed by atoms with Crippen LogP contribution in [0, 0.1) is 13.8 Å². The number of ether oxygens (including phenoxy) is 3. The van der Waals surface area contributed by atoms with Crippen LogP contribution in [0.1, 0.15) is 64.6 Å². The van der Waals surface area contributed by atoms with Crippen LogP contribution >= 0.6 is 0 Å². The summed E-state index contributed by atoms with van der Waals surface area (Å²) in [5.41, 5.74) is 4.00. The summed E-state index contributed by atoms with van der Waals surface area (Å²) < 4.78 is 81.1. The van der Waals surface area contributed by atoms with E-state index in [0.717, 1.165) is 44.3 Å². The van der Waals surface area contributed by atoms with Gasteiger partial charge in [-0.15, -0.1) is 0 Å². The molecule has 20 nitrogen and oxygen atoms in total. The Hall–Kier alpha value is -8.41. The molecule has 7 aromatic rings. The van der Waals surface area contributed by atoms with Crippen LogP contribution in [0.5, 0.6) is 28.7 Å². The Bertz CT molecular complexity index is 3590. The molecule has 6 N–H and O–H groups in total. The Morgan fingerprint density at radius 3 is 1.96 bits per heavy atom. The highest BCUT2D eigenvalue weighted by atomic mass is 32.2. The van der Waals surface area contributed by atoms with E-state index in [1.54, 1.807) is 0 Å². The minimum absolute atomic E-state index is 0.0233. The zero-order chi connectivity index (χ0) is 53.1. The van der Waals surface area contributed by atoms with Crippen molar-refractivity contribution >= 4 is 72.1 Å². The molecule has 0 aliphatic carbocycles. The number of hydrogen-bond acceptors (Lipinski definition) is 15. The van der Waals surface area contributed by atoms with Crippen molar-refractivity contribution in [3.8, 4) is 28.7 Å². The monoisotopic (exact) mass is 1040 g/mol. The lowest BCUT2D eigenvalue weighted by Gasteiger charge is -2.24. The number of nitrogens with zero attached hydrogens (tertiary/aromatic N) is 2. The highest BCUT2D eigenvalue weighted by Gasteiger charge is 2.36. The van der Waals surface area contributed by atoms with Crippen LogP contribution in [0.25, 0.3) is 21.7 Å². The van der Waals surface area contributed by atoms with E-state index in [0.29, 0.717) is 12.2 Å². The van der Waals surface area contributed by atoms with Gasteiger partial charge in [0.25, 0.3) is 20.2 Å². The smallest absolute Gasteiger partial charge is 0.347 e. The van der Waals surface area contributed by atoms with E-state index < -0.39 is 100 Å². The van der Waals surface area contributed by atoms with Gasteiger partial charge < -0.3 is 44.1 Å². The molecule has 3 heterocycles. The number of benzene rings is 6. The maximum Gasteiger partial charge on any atom is 0.347 e. The highest BCUT2D eigenvalue weighted by Crippen LogP contribution is 2.50. The van der Waals surface area contributed by atoms with Crippen LogP contribution in [0.2, 0.25) is 0 Å². The molecule has 1 aromatic heterocycles. The number of carboxylic acids is 2. The molecule has 0 amide bonds. The first-order chi connectivity index (χ1) is 34.5. The normalized spacial score (nSPS) is 13.2. The third kappa shape index (κ3) is 11.1. The van der Waals surface area contributed by atoms with Gasteiger partial charge in [-0.05, 0) is 61.9 Å². The maximum atomic E-state index is 12.9. The highest BCUT2D eigenvalue weighted by molar-refractivity contribution is 7.86. The van der Waals surface area contributed by atoms with Gasteiger partial charge in [0, 0.05) is 71.1 Å². The van der Waals surface area contributed by atoms with Crippen molar-refractivity contribution in [3.63, 3.8) is 0 Å². The number of hydrogen-bond donors (Lipinski definition) is 6. The number of aromatic nitrogens is 1. The summed E-state index contributed by atoms with van der Waals surface area (Å²) in [5, 5.41) is 40.4. The molecule has 0 saturated carbocycles. The molecule has 6 aromatic carbocycles. The van der Waals surface area contributed by atoms with Crippen LogP contribution < -0.4 is 9.47 Å². The number of carboxylic acid groups (broad SMARTS) is 2. The fraction of sp³-hybridized carbons (Fsp3) is 0.157. The molecular formula is C51H44N2O18S2. The minimum Gasteiger partial charge on any atom is -0.507 e. The summed E-state index contributed by atoms with van der Waals surface area (Å²) in [6.45, 7) is 5.02. The Balaban J connectivity index is 0.000000171. The van der Waals surface area contributed by atoms with Gasteiger partial charge in [0.1, 0.15) is 39.0 Å². The number of rotatable bonds is 10. The predicted molar refractivity (Wildman–Crippen MR) is 261 cm³/mol. The number of phenolic OH excluding ortho intramolecular Hbond substituents is 1. The third-order valence-corrected chi connectivity index (χ3v) is 13.6. The molecule has 0 radical (unpaired) electrons. The average Bonchev–Trinajstić information content (AvgIpc) is 3.53. The van der Waals surface area contributed by atoms with E-state index >= 15 is 0 Å². The molecule has 0 fully saturated rings. The van der Waals surface area contributed by atoms with Gasteiger partial charge in [0.05, 0.1) is 11.1 Å². The van der Waals surface area contributed by atoms with E-state index in [2.05, 4.69) is 71.1 Å². The van der Waals surface area contributed by atoms with Crippen molar-refractivity contribution in [2.24, 2.45) is 0 Å². The number of esters is 2. The molecule has 2 aliphatic rings. The van der Waals surface area contributed by atoms with Crippen molar-refractivity contribution in [1.82, 2.24) is 9.47 Å². The van der Waals surface area contributed by atoms with Gasteiger partial charge in [-0.2, -0.15) is 16.8 Å². The number of aromatic carboxylic acids is 1. The summed E-state index contributed by atoms with van der Waals surface area (Å²) in [4.78, 5) is 60.2. The average molecular weight is 1040 g/mol. The summed E-state index contributed by atoms with van der Waals surface area (Å²) >= 11 is 0. The van der Waals surface area contributed by atoms with Crippen molar-refractivity contribution in [2.75, 3.05) is 13.6 Å². The van der Waals surface area contributed by atoms with Crippen molar-refractivity contribution in [3.05, 3.63) is 159 Å². The number of likely N-dealkylation sites (N-methyl/N-ethyl adjacent to an activating group) is 1. The summed E-state index contributed by atoms with van der Waals surface area (Å²) in [5.74, 6) is -7.91. The number of para-hydroxylation sites is 1. The Morgan fingerprint density at radius 2 is 1.37 bits per heavy atom. The molecular weight excluding hydrogens is 993 g/mol. The summed E-state index contributed by atoms with van der Waals surface area (Å²) in [6.07, 6.45) is 2.45. The molecule has 9 rings (SSSR count). The van der Waals surface area contributed by atoms with Gasteiger partial charge in [0.15, 0.2) is 23.5 Å². The molecule has 0 saturated heterocycles. The molecule has 378 valence electrons. The Kier molecular flexibility index (Phi) is 15.2. The largest absolute Gasteiger partial charge is 0.507 e. The summed E-state index contributed by atoms with van der Waals surface area (Å²) in [7, 11) is -6.72. The van der Waals surface area contributed by atoms with Crippen LogP contribution in [-0.2, 0) is 60.7 Å². The topological polar surface area (TPSA) is 311 Å². The van der Waals surface area contributed by atoms with Gasteiger partial charge in [-0.25, -0.2) is 19.2 Å². The quantitative estimate of drug-likeness (QED) is 0.0258. The number of phenols is 2. The lowest BCUT2D eigenvalue weighted by molar-refractivity contribution is -0.139. The first-order valence-electron chi connectivity index (χ1n) is 21.7. The Labute approximate surface area is 416 Å². The molecule has 0 unspecified atom stereocenters. The van der Waals surface area contributed by atoms with Gasteiger partial charge >= 0.3 is 23.9 Å². The number of aryl methyl sites for hydroxylation is 1. The number of carbonyl (C=O) groups is 5. The predicted octanol–water partition coefficient (Wildman–Crippen LogP) is 7.24. The molecule has 0 spiro atoms. The lowest BCUT2D eigenvalue weighted by atomic mass is 10.0.